The highest BCUT2D eigenvalue weighted by molar-refractivity contribution is 6.31. The standard InChI is InChI=1S/C11H12ClF3N2O2/c1-6(19-5-11(13,14)15)10(18)17-9-4-7(12)2-3-8(9)16/h2-4,6H,5,16H2,1H3,(H,17,18). The van der Waals surface area contributed by atoms with Gasteiger partial charge in [0.25, 0.3) is 5.91 Å². The van der Waals surface area contributed by atoms with Crippen molar-refractivity contribution in [3.05, 3.63) is 23.2 Å². The van der Waals surface area contributed by atoms with Crippen molar-refractivity contribution in [2.45, 2.75) is 19.2 Å². The van der Waals surface area contributed by atoms with E-state index >= 15 is 0 Å². The van der Waals surface area contributed by atoms with Crippen molar-refractivity contribution in [1.29, 1.82) is 0 Å². The van der Waals surface area contributed by atoms with Crippen molar-refractivity contribution in [2.75, 3.05) is 17.7 Å². The summed E-state index contributed by atoms with van der Waals surface area (Å²) in [7, 11) is 0. The first kappa shape index (κ1) is 15.6. The van der Waals surface area contributed by atoms with E-state index in [1.54, 1.807) is 0 Å². The molecule has 8 heteroatoms. The second-order valence-corrected chi connectivity index (χ2v) is 4.23. The first-order valence-corrected chi connectivity index (χ1v) is 5.61. The van der Waals surface area contributed by atoms with Gasteiger partial charge in [-0.05, 0) is 25.1 Å². The first-order valence-electron chi connectivity index (χ1n) is 5.23. The van der Waals surface area contributed by atoms with Crippen LogP contribution in [0.4, 0.5) is 24.5 Å². The molecular weight excluding hydrogens is 285 g/mol. The van der Waals surface area contributed by atoms with Crippen molar-refractivity contribution in [2.24, 2.45) is 0 Å². The lowest BCUT2D eigenvalue weighted by Crippen LogP contribution is -2.31. The van der Waals surface area contributed by atoms with E-state index in [2.05, 4.69) is 10.1 Å². The van der Waals surface area contributed by atoms with Gasteiger partial charge < -0.3 is 15.8 Å². The molecule has 0 radical (unpaired) electrons. The van der Waals surface area contributed by atoms with Gasteiger partial charge in [0.05, 0.1) is 11.4 Å². The van der Waals surface area contributed by atoms with Gasteiger partial charge in [-0.25, -0.2) is 0 Å². The number of amides is 1. The molecular formula is C11H12ClF3N2O2. The molecule has 1 aromatic rings. The summed E-state index contributed by atoms with van der Waals surface area (Å²) in [6, 6.07) is 4.39. The number of nitrogens with two attached hydrogens (primary N) is 1. The van der Waals surface area contributed by atoms with Gasteiger partial charge in [-0.2, -0.15) is 13.2 Å². The Hall–Kier alpha value is -1.47. The molecule has 0 bridgehead atoms. The maximum absolute atomic E-state index is 11.9. The van der Waals surface area contributed by atoms with Gasteiger partial charge in [0, 0.05) is 5.02 Å². The Balaban J connectivity index is 2.61. The van der Waals surface area contributed by atoms with Gasteiger partial charge in [-0.3, -0.25) is 4.79 Å². The Morgan fingerprint density at radius 1 is 1.53 bits per heavy atom. The third-order valence-corrected chi connectivity index (χ3v) is 2.37. The molecule has 0 aliphatic rings. The average Bonchev–Trinajstić information content (AvgIpc) is 2.29. The van der Waals surface area contributed by atoms with Gasteiger partial charge in [-0.15, -0.1) is 0 Å². The molecule has 0 saturated heterocycles. The molecule has 0 fully saturated rings. The Labute approximate surface area is 112 Å². The highest BCUT2D eigenvalue weighted by atomic mass is 35.5. The molecule has 1 atom stereocenters. The number of anilines is 2. The van der Waals surface area contributed by atoms with Gasteiger partial charge in [0.1, 0.15) is 12.7 Å². The molecule has 1 amide bonds. The maximum Gasteiger partial charge on any atom is 0.411 e. The fourth-order valence-electron chi connectivity index (χ4n) is 1.17. The summed E-state index contributed by atoms with van der Waals surface area (Å²) in [6.45, 7) is -0.283. The molecule has 0 heterocycles. The molecule has 0 spiro atoms. The Morgan fingerprint density at radius 2 is 2.16 bits per heavy atom. The van der Waals surface area contributed by atoms with Crippen LogP contribution in [0.5, 0.6) is 0 Å². The minimum absolute atomic E-state index is 0.222. The molecule has 0 saturated carbocycles. The third-order valence-electron chi connectivity index (χ3n) is 2.14. The van der Waals surface area contributed by atoms with Crippen LogP contribution in [0, 0.1) is 0 Å². The van der Waals surface area contributed by atoms with Crippen molar-refractivity contribution in [3.8, 4) is 0 Å². The van der Waals surface area contributed by atoms with E-state index in [1.165, 1.54) is 25.1 Å². The first-order chi connectivity index (χ1) is 8.69. The van der Waals surface area contributed by atoms with Crippen molar-refractivity contribution < 1.29 is 22.7 Å². The number of carbonyl (C=O) groups is 1. The van der Waals surface area contributed by atoms with Crippen LogP contribution >= 0.6 is 11.6 Å². The summed E-state index contributed by atoms with van der Waals surface area (Å²) < 4.78 is 40.2. The normalized spacial score (nSPS) is 13.1. The lowest BCUT2D eigenvalue weighted by atomic mass is 10.2. The molecule has 19 heavy (non-hydrogen) atoms. The van der Waals surface area contributed by atoms with Crippen LogP contribution in [0.25, 0.3) is 0 Å². The van der Waals surface area contributed by atoms with Gasteiger partial charge in [-0.1, -0.05) is 11.6 Å². The van der Waals surface area contributed by atoms with Crippen LogP contribution in [0.3, 0.4) is 0 Å². The summed E-state index contributed by atoms with van der Waals surface area (Å²) >= 11 is 5.71. The zero-order valence-electron chi connectivity index (χ0n) is 9.92. The van der Waals surface area contributed by atoms with Crippen LogP contribution < -0.4 is 11.1 Å². The number of hydrogen-bond donors (Lipinski definition) is 2. The molecule has 0 aliphatic heterocycles. The van der Waals surface area contributed by atoms with Crippen molar-refractivity contribution in [3.63, 3.8) is 0 Å². The Bertz CT molecular complexity index is 466. The summed E-state index contributed by atoms with van der Waals surface area (Å²) in [5.74, 6) is -0.738. The van der Waals surface area contributed by atoms with E-state index in [4.69, 9.17) is 17.3 Å². The predicted molar refractivity (Wildman–Crippen MR) is 66.0 cm³/mol. The molecule has 0 aliphatic carbocycles. The van der Waals surface area contributed by atoms with Crippen LogP contribution in [-0.4, -0.2) is 24.8 Å². The number of rotatable bonds is 4. The van der Waals surface area contributed by atoms with Gasteiger partial charge in [0.2, 0.25) is 0 Å². The number of carbonyl (C=O) groups excluding carboxylic acids is 1. The summed E-state index contributed by atoms with van der Waals surface area (Å²) in [5.41, 5.74) is 6.06. The van der Waals surface area contributed by atoms with Gasteiger partial charge in [0.15, 0.2) is 0 Å². The van der Waals surface area contributed by atoms with Crippen LogP contribution in [0.2, 0.25) is 5.02 Å². The molecule has 1 rings (SSSR count). The van der Waals surface area contributed by atoms with E-state index < -0.39 is 24.8 Å². The quantitative estimate of drug-likeness (QED) is 0.840. The zero-order chi connectivity index (χ0) is 14.6. The smallest absolute Gasteiger partial charge is 0.397 e. The highest BCUT2D eigenvalue weighted by Gasteiger charge is 2.30. The topological polar surface area (TPSA) is 64.3 Å². The number of alkyl halides is 3. The number of nitrogen functional groups attached to an aromatic ring is 1. The Morgan fingerprint density at radius 3 is 2.74 bits per heavy atom. The lowest BCUT2D eigenvalue weighted by molar-refractivity contribution is -0.184. The minimum Gasteiger partial charge on any atom is -0.397 e. The third kappa shape index (κ3) is 5.35. The van der Waals surface area contributed by atoms with E-state index in [0.29, 0.717) is 5.02 Å². The second-order valence-electron chi connectivity index (χ2n) is 3.79. The SMILES string of the molecule is CC(OCC(F)(F)F)C(=O)Nc1cc(Cl)ccc1N. The van der Waals surface area contributed by atoms with E-state index in [9.17, 15) is 18.0 Å². The summed E-state index contributed by atoms with van der Waals surface area (Å²) in [4.78, 5) is 11.6. The molecule has 1 aromatic carbocycles. The van der Waals surface area contributed by atoms with Gasteiger partial charge >= 0.3 is 6.18 Å². The average molecular weight is 297 g/mol. The monoisotopic (exact) mass is 296 g/mol. The Kier molecular flexibility index (Phi) is 5.02. The number of benzene rings is 1. The number of halogens is 4. The molecule has 4 nitrogen and oxygen atoms in total. The zero-order valence-corrected chi connectivity index (χ0v) is 10.7. The lowest BCUT2D eigenvalue weighted by Gasteiger charge is -2.15. The molecule has 3 N–H and O–H groups in total. The molecule has 106 valence electrons. The molecule has 0 aromatic heterocycles. The largest absolute Gasteiger partial charge is 0.411 e. The van der Waals surface area contributed by atoms with Crippen molar-refractivity contribution >= 4 is 28.9 Å². The number of ether oxygens (including phenoxy) is 1. The van der Waals surface area contributed by atoms with Crippen LogP contribution in [-0.2, 0) is 9.53 Å². The van der Waals surface area contributed by atoms with E-state index in [-0.39, 0.29) is 11.4 Å². The van der Waals surface area contributed by atoms with E-state index in [0.717, 1.165) is 0 Å². The van der Waals surface area contributed by atoms with E-state index in [1.807, 2.05) is 0 Å². The van der Waals surface area contributed by atoms with Crippen LogP contribution in [0.1, 0.15) is 6.92 Å². The second kappa shape index (κ2) is 6.12. The fraction of sp³-hybridized carbons (Fsp3) is 0.364. The number of hydrogen-bond acceptors (Lipinski definition) is 3. The predicted octanol–water partition coefficient (Wildman–Crippen LogP) is 2.83. The van der Waals surface area contributed by atoms with Crippen molar-refractivity contribution in [1.82, 2.24) is 0 Å². The maximum atomic E-state index is 11.9. The molecule has 1 unspecified atom stereocenters. The minimum atomic E-state index is -4.48. The van der Waals surface area contributed by atoms with Crippen LogP contribution in [0.15, 0.2) is 18.2 Å². The summed E-state index contributed by atoms with van der Waals surface area (Å²) in [5, 5.41) is 2.69. The highest BCUT2D eigenvalue weighted by Crippen LogP contribution is 2.23. The number of nitrogens with one attached hydrogen (secondary N) is 1. The summed E-state index contributed by atoms with van der Waals surface area (Å²) in [6.07, 6.45) is -5.75. The fourth-order valence-corrected chi connectivity index (χ4v) is 1.34.